The monoisotopic (exact) mass is 295 g/mol. The first-order valence-electron chi connectivity index (χ1n) is 6.59. The molecular formula is C17H11F2N3. The van der Waals surface area contributed by atoms with Gasteiger partial charge in [-0.05, 0) is 30.3 Å². The standard InChI is InChI=1S/C17H11F2N3/c1-22-16-5-3-2-4-15(16)21-17(22)12(10-20)8-11-6-7-13(18)9-14(11)19/h2-9H,1H3. The number of nitrogens with zero attached hydrogens (tertiary/aromatic N) is 3. The van der Waals surface area contributed by atoms with Crippen LogP contribution in [0.3, 0.4) is 0 Å². The number of hydrogen-bond donors (Lipinski definition) is 0. The molecule has 3 aromatic rings. The minimum atomic E-state index is -0.716. The Kier molecular flexibility index (Phi) is 3.43. The van der Waals surface area contributed by atoms with Gasteiger partial charge in [-0.15, -0.1) is 0 Å². The van der Waals surface area contributed by atoms with Crippen LogP contribution in [0, 0.1) is 23.0 Å². The Morgan fingerprint density at radius 2 is 2.00 bits per heavy atom. The molecule has 1 aromatic heterocycles. The Labute approximate surface area is 125 Å². The summed E-state index contributed by atoms with van der Waals surface area (Å²) < 4.78 is 28.5. The molecule has 3 nitrogen and oxygen atoms in total. The second-order valence-electron chi connectivity index (χ2n) is 4.82. The lowest BCUT2D eigenvalue weighted by Crippen LogP contribution is -1.96. The topological polar surface area (TPSA) is 41.6 Å². The fourth-order valence-electron chi connectivity index (χ4n) is 2.31. The molecule has 0 N–H and O–H groups in total. The third-order valence-electron chi connectivity index (χ3n) is 3.41. The summed E-state index contributed by atoms with van der Waals surface area (Å²) in [5, 5.41) is 9.37. The van der Waals surface area contributed by atoms with Crippen LogP contribution in [0.5, 0.6) is 0 Å². The summed E-state index contributed by atoms with van der Waals surface area (Å²) in [4.78, 5) is 4.40. The van der Waals surface area contributed by atoms with E-state index < -0.39 is 11.6 Å². The van der Waals surface area contributed by atoms with Gasteiger partial charge in [-0.2, -0.15) is 5.26 Å². The molecule has 0 fully saturated rings. The van der Waals surface area contributed by atoms with Crippen molar-refractivity contribution in [1.29, 1.82) is 5.26 Å². The van der Waals surface area contributed by atoms with Crippen LogP contribution in [0.15, 0.2) is 42.5 Å². The van der Waals surface area contributed by atoms with Gasteiger partial charge in [-0.3, -0.25) is 0 Å². The molecule has 0 aliphatic rings. The SMILES string of the molecule is Cn1c(C(C#N)=Cc2ccc(F)cc2F)nc2ccccc21. The van der Waals surface area contributed by atoms with E-state index in [0.717, 1.165) is 23.2 Å². The second kappa shape index (κ2) is 5.41. The van der Waals surface area contributed by atoms with Crippen molar-refractivity contribution in [2.45, 2.75) is 0 Å². The summed E-state index contributed by atoms with van der Waals surface area (Å²) in [6, 6.07) is 12.7. The average Bonchev–Trinajstić information content (AvgIpc) is 2.84. The van der Waals surface area contributed by atoms with Crippen molar-refractivity contribution in [2.24, 2.45) is 7.05 Å². The first kappa shape index (κ1) is 14.0. The van der Waals surface area contributed by atoms with Gasteiger partial charge in [0, 0.05) is 18.7 Å². The normalized spacial score (nSPS) is 11.6. The molecule has 108 valence electrons. The molecule has 0 saturated carbocycles. The number of allylic oxidation sites excluding steroid dienone is 1. The third-order valence-corrected chi connectivity index (χ3v) is 3.41. The lowest BCUT2D eigenvalue weighted by atomic mass is 10.1. The van der Waals surface area contributed by atoms with E-state index in [1.807, 2.05) is 30.3 Å². The number of imidazole rings is 1. The first-order chi connectivity index (χ1) is 10.6. The van der Waals surface area contributed by atoms with Crippen LogP contribution in [-0.4, -0.2) is 9.55 Å². The second-order valence-corrected chi connectivity index (χ2v) is 4.82. The smallest absolute Gasteiger partial charge is 0.151 e. The zero-order valence-corrected chi connectivity index (χ0v) is 11.7. The van der Waals surface area contributed by atoms with Crippen molar-refractivity contribution in [3.63, 3.8) is 0 Å². The average molecular weight is 295 g/mol. The Hall–Kier alpha value is -3.00. The molecule has 0 saturated heterocycles. The Morgan fingerprint density at radius 3 is 2.68 bits per heavy atom. The van der Waals surface area contributed by atoms with E-state index in [2.05, 4.69) is 4.98 Å². The van der Waals surface area contributed by atoms with E-state index in [9.17, 15) is 14.0 Å². The van der Waals surface area contributed by atoms with Crippen LogP contribution in [0.2, 0.25) is 0 Å². The van der Waals surface area contributed by atoms with Crippen LogP contribution in [0.25, 0.3) is 22.7 Å². The number of para-hydroxylation sites is 2. The van der Waals surface area contributed by atoms with Crippen LogP contribution in [-0.2, 0) is 7.05 Å². The molecule has 0 amide bonds. The van der Waals surface area contributed by atoms with E-state index in [1.54, 1.807) is 11.6 Å². The van der Waals surface area contributed by atoms with Gasteiger partial charge in [-0.25, -0.2) is 13.8 Å². The summed E-state index contributed by atoms with van der Waals surface area (Å²) in [5.41, 5.74) is 1.98. The van der Waals surface area contributed by atoms with Crippen LogP contribution in [0.4, 0.5) is 8.78 Å². The summed E-state index contributed by atoms with van der Waals surface area (Å²) in [6.45, 7) is 0. The fourth-order valence-corrected chi connectivity index (χ4v) is 2.31. The molecule has 3 rings (SSSR count). The molecule has 22 heavy (non-hydrogen) atoms. The van der Waals surface area contributed by atoms with Crippen molar-refractivity contribution >= 4 is 22.7 Å². The van der Waals surface area contributed by atoms with Gasteiger partial charge in [-0.1, -0.05) is 12.1 Å². The molecule has 1 heterocycles. The lowest BCUT2D eigenvalue weighted by molar-refractivity contribution is 0.581. The van der Waals surface area contributed by atoms with E-state index in [4.69, 9.17) is 0 Å². The number of halogens is 2. The van der Waals surface area contributed by atoms with Crippen molar-refractivity contribution in [3.05, 3.63) is 65.5 Å². The predicted octanol–water partition coefficient (Wildman–Crippen LogP) is 3.92. The van der Waals surface area contributed by atoms with Crippen molar-refractivity contribution in [2.75, 3.05) is 0 Å². The molecular weight excluding hydrogens is 284 g/mol. The zero-order chi connectivity index (χ0) is 15.7. The predicted molar refractivity (Wildman–Crippen MR) is 80.6 cm³/mol. The van der Waals surface area contributed by atoms with E-state index >= 15 is 0 Å². The maximum absolute atomic E-state index is 13.7. The van der Waals surface area contributed by atoms with Crippen LogP contribution < -0.4 is 0 Å². The van der Waals surface area contributed by atoms with Crippen LogP contribution >= 0.6 is 0 Å². The van der Waals surface area contributed by atoms with Gasteiger partial charge in [0.1, 0.15) is 17.7 Å². The molecule has 0 unspecified atom stereocenters. The van der Waals surface area contributed by atoms with Crippen molar-refractivity contribution < 1.29 is 8.78 Å². The minimum Gasteiger partial charge on any atom is -0.327 e. The zero-order valence-electron chi connectivity index (χ0n) is 11.7. The van der Waals surface area contributed by atoms with Gasteiger partial charge in [0.05, 0.1) is 16.6 Å². The summed E-state index contributed by atoms with van der Waals surface area (Å²) >= 11 is 0. The number of rotatable bonds is 2. The molecule has 5 heteroatoms. The Balaban J connectivity index is 2.16. The van der Waals surface area contributed by atoms with Gasteiger partial charge < -0.3 is 4.57 Å². The van der Waals surface area contributed by atoms with E-state index in [-0.39, 0.29) is 11.1 Å². The number of hydrogen-bond acceptors (Lipinski definition) is 2. The number of benzene rings is 2. The van der Waals surface area contributed by atoms with E-state index in [1.165, 1.54) is 12.1 Å². The van der Waals surface area contributed by atoms with E-state index in [0.29, 0.717) is 5.82 Å². The third kappa shape index (κ3) is 2.35. The van der Waals surface area contributed by atoms with Crippen molar-refractivity contribution in [3.8, 4) is 6.07 Å². The fraction of sp³-hybridized carbons (Fsp3) is 0.0588. The molecule has 0 bridgehead atoms. The quantitative estimate of drug-likeness (QED) is 0.672. The highest BCUT2D eigenvalue weighted by Crippen LogP contribution is 2.23. The molecule has 0 aliphatic carbocycles. The highest BCUT2D eigenvalue weighted by Gasteiger charge is 2.12. The molecule has 2 aromatic carbocycles. The Bertz CT molecular complexity index is 933. The lowest BCUT2D eigenvalue weighted by Gasteiger charge is -2.02. The minimum absolute atomic E-state index is 0.144. The summed E-state index contributed by atoms with van der Waals surface area (Å²) in [7, 11) is 1.79. The summed E-state index contributed by atoms with van der Waals surface area (Å²) in [6.07, 6.45) is 1.37. The number of nitriles is 1. The van der Waals surface area contributed by atoms with Gasteiger partial charge in [0.2, 0.25) is 0 Å². The number of aryl methyl sites for hydroxylation is 1. The van der Waals surface area contributed by atoms with Gasteiger partial charge in [0.15, 0.2) is 5.82 Å². The number of fused-ring (bicyclic) bond motifs is 1. The Morgan fingerprint density at radius 1 is 1.23 bits per heavy atom. The highest BCUT2D eigenvalue weighted by molar-refractivity contribution is 5.90. The molecule has 0 radical (unpaired) electrons. The highest BCUT2D eigenvalue weighted by atomic mass is 19.1. The van der Waals surface area contributed by atoms with Gasteiger partial charge >= 0.3 is 0 Å². The van der Waals surface area contributed by atoms with Crippen LogP contribution in [0.1, 0.15) is 11.4 Å². The first-order valence-corrected chi connectivity index (χ1v) is 6.59. The maximum Gasteiger partial charge on any atom is 0.151 e. The number of aromatic nitrogens is 2. The molecule has 0 spiro atoms. The molecule has 0 aliphatic heterocycles. The van der Waals surface area contributed by atoms with Crippen molar-refractivity contribution in [1.82, 2.24) is 9.55 Å². The maximum atomic E-state index is 13.7. The largest absolute Gasteiger partial charge is 0.327 e. The summed E-state index contributed by atoms with van der Waals surface area (Å²) in [5.74, 6) is -0.935. The molecule has 0 atom stereocenters. The van der Waals surface area contributed by atoms with Gasteiger partial charge in [0.25, 0.3) is 0 Å².